The van der Waals surface area contributed by atoms with Gasteiger partial charge in [-0.15, -0.1) is 0 Å². The smallest absolute Gasteiger partial charge is 0.0541 e. The van der Waals surface area contributed by atoms with Crippen molar-refractivity contribution in [2.75, 3.05) is 4.90 Å². The van der Waals surface area contributed by atoms with Gasteiger partial charge in [-0.25, -0.2) is 0 Å². The molecule has 80 heavy (non-hydrogen) atoms. The standard InChI is InChI=1S/C78H52N2/c1-4-21-53(22-5-1)63-29-12-14-32-66(63)57-41-49-75-73(51-57)74-52-58(67-33-15-13-30-64(67)54-23-6-2-7-24-54)42-50-76(74)80(75)62-47-45-61(46-48-62)79(59-27-8-3-9-28-59)60-43-39-56(40-44-60)77-69-34-16-18-36-71(69)78(72-37-19-17-35-70(72)77)68-38-20-26-55-25-10-11-31-65(55)68/h1-52H. The van der Waals surface area contributed by atoms with Gasteiger partial charge in [0.1, 0.15) is 0 Å². The molecule has 0 aliphatic rings. The summed E-state index contributed by atoms with van der Waals surface area (Å²) in [7, 11) is 0. The maximum atomic E-state index is 2.44. The molecular weight excluding hydrogens is 965 g/mol. The Morgan fingerprint density at radius 1 is 0.212 bits per heavy atom. The number of benzene rings is 14. The third-order valence-corrected chi connectivity index (χ3v) is 16.2. The number of nitrogens with zero attached hydrogens (tertiary/aromatic N) is 2. The highest BCUT2D eigenvalue weighted by Crippen LogP contribution is 2.47. The summed E-state index contributed by atoms with van der Waals surface area (Å²) in [6.45, 7) is 0. The van der Waals surface area contributed by atoms with Crippen LogP contribution >= 0.6 is 0 Å². The van der Waals surface area contributed by atoms with Crippen LogP contribution in [0.15, 0.2) is 315 Å². The van der Waals surface area contributed by atoms with Crippen molar-refractivity contribution in [3.63, 3.8) is 0 Å². The summed E-state index contributed by atoms with van der Waals surface area (Å²) >= 11 is 0. The topological polar surface area (TPSA) is 8.17 Å². The van der Waals surface area contributed by atoms with E-state index >= 15 is 0 Å². The highest BCUT2D eigenvalue weighted by Gasteiger charge is 2.21. The second-order valence-electron chi connectivity index (χ2n) is 20.7. The average molecular weight is 1020 g/mol. The van der Waals surface area contributed by atoms with Crippen LogP contribution in [0, 0.1) is 0 Å². The molecule has 2 heteroatoms. The SMILES string of the molecule is c1ccc(-c2ccccc2-c2ccc3c(c2)c2cc(-c4ccccc4-c4ccccc4)ccc2n3-c2ccc(N(c3ccccc3)c3ccc(-c4c5ccccc5c(-c5cccc6ccccc56)c5ccccc45)cc3)cc2)cc1. The molecule has 0 radical (unpaired) electrons. The maximum absolute atomic E-state index is 2.44. The van der Waals surface area contributed by atoms with E-state index in [0.717, 1.165) is 33.8 Å². The third kappa shape index (κ3) is 8.04. The quantitative estimate of drug-likeness (QED) is 0.124. The van der Waals surface area contributed by atoms with Crippen LogP contribution in [-0.4, -0.2) is 4.57 Å². The van der Waals surface area contributed by atoms with E-state index in [1.807, 2.05) is 0 Å². The highest BCUT2D eigenvalue weighted by molar-refractivity contribution is 6.23. The number of aromatic nitrogens is 1. The van der Waals surface area contributed by atoms with Crippen molar-refractivity contribution in [2.45, 2.75) is 0 Å². The lowest BCUT2D eigenvalue weighted by molar-refractivity contribution is 1.17. The van der Waals surface area contributed by atoms with Crippen molar-refractivity contribution >= 4 is 71.2 Å². The average Bonchev–Trinajstić information content (AvgIpc) is 3.99. The largest absolute Gasteiger partial charge is 0.311 e. The van der Waals surface area contributed by atoms with E-state index in [4.69, 9.17) is 0 Å². The fraction of sp³-hybridized carbons (Fsp3) is 0. The van der Waals surface area contributed by atoms with Gasteiger partial charge in [0.15, 0.2) is 0 Å². The number of hydrogen-bond donors (Lipinski definition) is 0. The first-order chi connectivity index (χ1) is 39.7. The zero-order valence-electron chi connectivity index (χ0n) is 43.9. The third-order valence-electron chi connectivity index (χ3n) is 16.2. The van der Waals surface area contributed by atoms with Gasteiger partial charge in [0.2, 0.25) is 0 Å². The molecule has 0 amide bonds. The minimum atomic E-state index is 1.07. The molecule has 0 saturated carbocycles. The Labute approximate surface area is 466 Å². The lowest BCUT2D eigenvalue weighted by atomic mass is 9.85. The van der Waals surface area contributed by atoms with Crippen molar-refractivity contribution in [3.05, 3.63) is 315 Å². The summed E-state index contributed by atoms with van der Waals surface area (Å²) < 4.78 is 2.44. The lowest BCUT2D eigenvalue weighted by Gasteiger charge is -2.26. The van der Waals surface area contributed by atoms with Crippen molar-refractivity contribution in [1.82, 2.24) is 4.57 Å². The van der Waals surface area contributed by atoms with E-state index in [1.54, 1.807) is 0 Å². The fourth-order valence-corrected chi connectivity index (χ4v) is 12.6. The zero-order valence-corrected chi connectivity index (χ0v) is 43.9. The Balaban J connectivity index is 0.850. The molecule has 1 heterocycles. The molecule has 374 valence electrons. The van der Waals surface area contributed by atoms with Crippen LogP contribution in [0.4, 0.5) is 17.1 Å². The second-order valence-corrected chi connectivity index (χ2v) is 20.7. The van der Waals surface area contributed by atoms with Crippen LogP contribution in [0.3, 0.4) is 0 Å². The molecule has 0 aliphatic carbocycles. The van der Waals surface area contributed by atoms with Crippen LogP contribution in [0.2, 0.25) is 0 Å². The molecule has 0 bridgehead atoms. The van der Waals surface area contributed by atoms with Gasteiger partial charge >= 0.3 is 0 Å². The summed E-state index contributed by atoms with van der Waals surface area (Å²) in [5, 5.41) is 9.90. The molecule has 2 nitrogen and oxygen atoms in total. The molecule has 0 atom stereocenters. The van der Waals surface area contributed by atoms with Gasteiger partial charge in [-0.3, -0.25) is 0 Å². The van der Waals surface area contributed by atoms with Gasteiger partial charge in [0.25, 0.3) is 0 Å². The van der Waals surface area contributed by atoms with Gasteiger partial charge in [0, 0.05) is 33.5 Å². The van der Waals surface area contributed by atoms with Crippen molar-refractivity contribution in [3.8, 4) is 72.4 Å². The number of para-hydroxylation sites is 1. The van der Waals surface area contributed by atoms with Crippen LogP contribution < -0.4 is 4.90 Å². The summed E-state index contributed by atoms with van der Waals surface area (Å²) in [5.41, 5.74) is 21.2. The maximum Gasteiger partial charge on any atom is 0.0541 e. The van der Waals surface area contributed by atoms with E-state index in [-0.39, 0.29) is 0 Å². The Morgan fingerprint density at radius 3 is 1.09 bits per heavy atom. The molecule has 0 fully saturated rings. The summed E-state index contributed by atoms with van der Waals surface area (Å²) in [4.78, 5) is 2.37. The Hall–Kier alpha value is -10.5. The predicted octanol–water partition coefficient (Wildman–Crippen LogP) is 21.7. The van der Waals surface area contributed by atoms with Crippen molar-refractivity contribution in [1.29, 1.82) is 0 Å². The minimum Gasteiger partial charge on any atom is -0.311 e. The van der Waals surface area contributed by atoms with Gasteiger partial charge in [0.05, 0.1) is 11.0 Å². The van der Waals surface area contributed by atoms with E-state index < -0.39 is 0 Å². The van der Waals surface area contributed by atoms with E-state index in [1.165, 1.54) is 110 Å². The lowest BCUT2D eigenvalue weighted by Crippen LogP contribution is -2.10. The molecule has 15 aromatic rings. The van der Waals surface area contributed by atoms with Crippen molar-refractivity contribution < 1.29 is 0 Å². The number of rotatable bonds is 10. The van der Waals surface area contributed by atoms with Crippen LogP contribution in [0.1, 0.15) is 0 Å². The normalized spacial score (nSPS) is 11.5. The second kappa shape index (κ2) is 19.8. The van der Waals surface area contributed by atoms with Crippen LogP contribution in [0.25, 0.3) is 127 Å². The van der Waals surface area contributed by atoms with E-state index in [9.17, 15) is 0 Å². The fourth-order valence-electron chi connectivity index (χ4n) is 12.6. The molecule has 1 aromatic heterocycles. The molecule has 0 N–H and O–H groups in total. The van der Waals surface area contributed by atoms with Gasteiger partial charge in [-0.1, -0.05) is 243 Å². The Kier molecular flexibility index (Phi) is 11.6. The summed E-state index contributed by atoms with van der Waals surface area (Å²) in [6.07, 6.45) is 0. The van der Waals surface area contributed by atoms with Crippen LogP contribution in [-0.2, 0) is 0 Å². The monoisotopic (exact) mass is 1020 g/mol. The molecule has 0 saturated heterocycles. The van der Waals surface area contributed by atoms with Gasteiger partial charge < -0.3 is 9.47 Å². The number of hydrogen-bond acceptors (Lipinski definition) is 1. The molecule has 0 aliphatic heterocycles. The molecule has 14 aromatic carbocycles. The van der Waals surface area contributed by atoms with E-state index in [0.29, 0.717) is 0 Å². The molecule has 0 unspecified atom stereocenters. The van der Waals surface area contributed by atoms with Gasteiger partial charge in [-0.05, 0) is 172 Å². The number of anilines is 3. The summed E-state index contributed by atoms with van der Waals surface area (Å²) in [5.74, 6) is 0. The van der Waals surface area contributed by atoms with Crippen LogP contribution in [0.5, 0.6) is 0 Å². The first kappa shape index (κ1) is 46.7. The number of fused-ring (bicyclic) bond motifs is 6. The molecule has 0 spiro atoms. The summed E-state index contributed by atoms with van der Waals surface area (Å²) in [6, 6.07) is 115. The van der Waals surface area contributed by atoms with Gasteiger partial charge in [-0.2, -0.15) is 0 Å². The predicted molar refractivity (Wildman–Crippen MR) is 341 cm³/mol. The van der Waals surface area contributed by atoms with Crippen molar-refractivity contribution in [2.24, 2.45) is 0 Å². The van der Waals surface area contributed by atoms with E-state index in [2.05, 4.69) is 325 Å². The minimum absolute atomic E-state index is 1.07. The Bertz CT molecular complexity index is 4590. The Morgan fingerprint density at radius 2 is 0.575 bits per heavy atom. The highest BCUT2D eigenvalue weighted by atomic mass is 15.1. The molecule has 15 rings (SSSR count). The molecular formula is C78H52N2. The first-order valence-corrected chi connectivity index (χ1v) is 27.6. The zero-order chi connectivity index (χ0) is 52.9. The first-order valence-electron chi connectivity index (χ1n) is 27.6.